The van der Waals surface area contributed by atoms with Crippen LogP contribution in [0, 0.1) is 6.92 Å². The molecule has 0 spiro atoms. The van der Waals surface area contributed by atoms with E-state index in [9.17, 15) is 9.59 Å². The van der Waals surface area contributed by atoms with E-state index in [1.54, 1.807) is 12.1 Å². The number of nitrogens with zero attached hydrogens (tertiary/aromatic N) is 1. The van der Waals surface area contributed by atoms with Gasteiger partial charge < -0.3 is 14.7 Å². The zero-order valence-corrected chi connectivity index (χ0v) is 11.5. The van der Waals surface area contributed by atoms with E-state index in [1.807, 2.05) is 19.1 Å². The Kier molecular flexibility index (Phi) is 4.61. The molecule has 1 saturated heterocycles. The summed E-state index contributed by atoms with van der Waals surface area (Å²) in [5.41, 5.74) is 1.12. The van der Waals surface area contributed by atoms with Crippen molar-refractivity contribution < 1.29 is 19.4 Å². The smallest absolute Gasteiger partial charge is 0.326 e. The number of ether oxygens (including phenoxy) is 1. The quantitative estimate of drug-likeness (QED) is 0.912. The van der Waals surface area contributed by atoms with Crippen molar-refractivity contribution >= 4 is 11.9 Å². The Morgan fingerprint density at radius 1 is 1.30 bits per heavy atom. The van der Waals surface area contributed by atoms with Crippen molar-refractivity contribution in [1.29, 1.82) is 0 Å². The highest BCUT2D eigenvalue weighted by Crippen LogP contribution is 2.18. The molecule has 0 aromatic heterocycles. The summed E-state index contributed by atoms with van der Waals surface area (Å²) in [7, 11) is 0. The van der Waals surface area contributed by atoms with Gasteiger partial charge in [0.1, 0.15) is 11.8 Å². The van der Waals surface area contributed by atoms with Gasteiger partial charge in [-0.15, -0.1) is 0 Å². The maximum atomic E-state index is 12.1. The maximum absolute atomic E-state index is 12.1. The molecule has 1 fully saturated rings. The Balaban J connectivity index is 1.93. The summed E-state index contributed by atoms with van der Waals surface area (Å²) in [6.07, 6.45) is 2.21. The first kappa shape index (κ1) is 14.4. The molecule has 0 saturated carbocycles. The minimum Gasteiger partial charge on any atom is -0.484 e. The number of carbonyl (C=O) groups is 2. The molecular weight excluding hydrogens is 258 g/mol. The average Bonchev–Trinajstić information content (AvgIpc) is 2.46. The third-order valence-electron chi connectivity index (χ3n) is 3.49. The van der Waals surface area contributed by atoms with Gasteiger partial charge in [0.25, 0.3) is 5.91 Å². The van der Waals surface area contributed by atoms with Crippen LogP contribution in [0.4, 0.5) is 0 Å². The summed E-state index contributed by atoms with van der Waals surface area (Å²) in [5, 5.41) is 9.14. The zero-order chi connectivity index (χ0) is 14.5. The molecule has 1 heterocycles. The Morgan fingerprint density at radius 3 is 2.65 bits per heavy atom. The van der Waals surface area contributed by atoms with Gasteiger partial charge >= 0.3 is 5.97 Å². The molecule has 0 unspecified atom stereocenters. The number of piperidine rings is 1. The molecular formula is C15H19NO4. The van der Waals surface area contributed by atoms with Crippen molar-refractivity contribution in [3.63, 3.8) is 0 Å². The minimum atomic E-state index is -0.937. The summed E-state index contributed by atoms with van der Waals surface area (Å²) in [4.78, 5) is 24.7. The van der Waals surface area contributed by atoms with E-state index in [2.05, 4.69) is 0 Å². The van der Waals surface area contributed by atoms with Crippen LogP contribution in [0.2, 0.25) is 0 Å². The molecule has 0 aliphatic carbocycles. The van der Waals surface area contributed by atoms with Crippen LogP contribution in [0.5, 0.6) is 5.75 Å². The first-order valence-electron chi connectivity index (χ1n) is 6.79. The molecule has 1 amide bonds. The van der Waals surface area contributed by atoms with Crippen molar-refractivity contribution in [1.82, 2.24) is 4.90 Å². The summed E-state index contributed by atoms with van der Waals surface area (Å²) < 4.78 is 5.42. The number of aryl methyl sites for hydroxylation is 1. The van der Waals surface area contributed by atoms with E-state index in [-0.39, 0.29) is 12.5 Å². The highest BCUT2D eigenvalue weighted by atomic mass is 16.5. The SMILES string of the molecule is Cc1ccc(OCC(=O)N2CCCC[C@H]2C(=O)O)cc1. The number of hydrogen-bond acceptors (Lipinski definition) is 3. The van der Waals surface area contributed by atoms with Crippen LogP contribution in [0.3, 0.4) is 0 Å². The number of carboxylic acid groups (broad SMARTS) is 1. The Hall–Kier alpha value is -2.04. The van der Waals surface area contributed by atoms with E-state index in [0.29, 0.717) is 18.7 Å². The second-order valence-electron chi connectivity index (χ2n) is 5.04. The van der Waals surface area contributed by atoms with Gasteiger partial charge in [-0.25, -0.2) is 4.79 Å². The predicted octanol–water partition coefficient (Wildman–Crippen LogP) is 1.84. The molecule has 0 bridgehead atoms. The number of benzene rings is 1. The third kappa shape index (κ3) is 3.50. The number of aliphatic carboxylic acids is 1. The van der Waals surface area contributed by atoms with Crippen LogP contribution >= 0.6 is 0 Å². The van der Waals surface area contributed by atoms with E-state index >= 15 is 0 Å². The highest BCUT2D eigenvalue weighted by Gasteiger charge is 2.31. The number of hydrogen-bond donors (Lipinski definition) is 1. The predicted molar refractivity (Wildman–Crippen MR) is 73.7 cm³/mol. The molecule has 5 heteroatoms. The molecule has 108 valence electrons. The van der Waals surface area contributed by atoms with Gasteiger partial charge in [0.2, 0.25) is 0 Å². The van der Waals surface area contributed by atoms with Crippen molar-refractivity contribution in [2.24, 2.45) is 0 Å². The van der Waals surface area contributed by atoms with Gasteiger partial charge in [-0.1, -0.05) is 17.7 Å². The van der Waals surface area contributed by atoms with E-state index in [1.165, 1.54) is 4.90 Å². The van der Waals surface area contributed by atoms with Crippen LogP contribution in [0.1, 0.15) is 24.8 Å². The van der Waals surface area contributed by atoms with Crippen molar-refractivity contribution in [3.05, 3.63) is 29.8 Å². The topological polar surface area (TPSA) is 66.8 Å². The van der Waals surface area contributed by atoms with E-state index in [0.717, 1.165) is 18.4 Å². The Morgan fingerprint density at radius 2 is 2.00 bits per heavy atom. The van der Waals surface area contributed by atoms with Gasteiger partial charge in [-0.2, -0.15) is 0 Å². The van der Waals surface area contributed by atoms with Gasteiger partial charge in [-0.3, -0.25) is 4.79 Å². The lowest BCUT2D eigenvalue weighted by Gasteiger charge is -2.32. The zero-order valence-electron chi connectivity index (χ0n) is 11.5. The molecule has 1 atom stereocenters. The molecule has 1 N–H and O–H groups in total. The fraction of sp³-hybridized carbons (Fsp3) is 0.467. The molecule has 1 aromatic rings. The number of rotatable bonds is 4. The summed E-state index contributed by atoms with van der Waals surface area (Å²) in [6, 6.07) is 6.69. The van der Waals surface area contributed by atoms with Crippen molar-refractivity contribution in [3.8, 4) is 5.75 Å². The monoisotopic (exact) mass is 277 g/mol. The molecule has 1 aliphatic rings. The molecule has 5 nitrogen and oxygen atoms in total. The first-order valence-corrected chi connectivity index (χ1v) is 6.79. The highest BCUT2D eigenvalue weighted by molar-refractivity contribution is 5.84. The molecule has 0 radical (unpaired) electrons. The van der Waals surface area contributed by atoms with Gasteiger partial charge in [0.05, 0.1) is 0 Å². The second-order valence-corrected chi connectivity index (χ2v) is 5.04. The molecule has 1 aliphatic heterocycles. The Bertz CT molecular complexity index is 483. The molecule has 2 rings (SSSR count). The van der Waals surface area contributed by atoms with Crippen molar-refractivity contribution in [2.75, 3.05) is 13.2 Å². The summed E-state index contributed by atoms with van der Waals surface area (Å²) >= 11 is 0. The summed E-state index contributed by atoms with van der Waals surface area (Å²) in [6.45, 7) is 2.35. The summed E-state index contributed by atoms with van der Waals surface area (Å²) in [5.74, 6) is -0.584. The van der Waals surface area contributed by atoms with Crippen LogP contribution in [0.25, 0.3) is 0 Å². The Labute approximate surface area is 118 Å². The van der Waals surface area contributed by atoms with Crippen LogP contribution in [0.15, 0.2) is 24.3 Å². The first-order chi connectivity index (χ1) is 9.58. The van der Waals surface area contributed by atoms with Gasteiger partial charge in [0.15, 0.2) is 6.61 Å². The second kappa shape index (κ2) is 6.41. The van der Waals surface area contributed by atoms with Gasteiger partial charge in [-0.05, 0) is 38.3 Å². The lowest BCUT2D eigenvalue weighted by molar-refractivity contribution is -0.152. The average molecular weight is 277 g/mol. The fourth-order valence-electron chi connectivity index (χ4n) is 2.35. The van der Waals surface area contributed by atoms with E-state index in [4.69, 9.17) is 9.84 Å². The van der Waals surface area contributed by atoms with Gasteiger partial charge in [0, 0.05) is 6.54 Å². The largest absolute Gasteiger partial charge is 0.484 e. The number of amides is 1. The lowest BCUT2D eigenvalue weighted by atomic mass is 10.0. The molecule has 1 aromatic carbocycles. The molecule has 20 heavy (non-hydrogen) atoms. The lowest BCUT2D eigenvalue weighted by Crippen LogP contribution is -2.49. The number of carboxylic acids is 1. The number of likely N-dealkylation sites (tertiary alicyclic amines) is 1. The van der Waals surface area contributed by atoms with Crippen LogP contribution in [-0.2, 0) is 9.59 Å². The maximum Gasteiger partial charge on any atom is 0.326 e. The third-order valence-corrected chi connectivity index (χ3v) is 3.49. The van der Waals surface area contributed by atoms with Crippen molar-refractivity contribution in [2.45, 2.75) is 32.2 Å². The van der Waals surface area contributed by atoms with Crippen LogP contribution < -0.4 is 4.74 Å². The minimum absolute atomic E-state index is 0.118. The number of carbonyl (C=O) groups excluding carboxylic acids is 1. The van der Waals surface area contributed by atoms with Crippen LogP contribution in [-0.4, -0.2) is 41.1 Å². The fourth-order valence-corrected chi connectivity index (χ4v) is 2.35. The normalized spacial score (nSPS) is 18.6. The van der Waals surface area contributed by atoms with E-state index < -0.39 is 12.0 Å². The standard InChI is InChI=1S/C15H19NO4/c1-11-5-7-12(8-6-11)20-10-14(17)16-9-3-2-4-13(16)15(18)19/h5-8,13H,2-4,9-10H2,1H3,(H,18,19)/t13-/m0/s1.